The fourth-order valence-electron chi connectivity index (χ4n) is 4.16. The van der Waals surface area contributed by atoms with Gasteiger partial charge in [-0.25, -0.2) is 13.6 Å². The second-order valence-electron chi connectivity index (χ2n) is 8.25. The SMILES string of the molecule is [2H]C([2H])([2H])O[C@@H]1[C@@H](F)CN(C(=O)Cn2cc(C(C)=O)c3ccccc32)[C@H]1OC(=O)NCc1cccc(Cl)c1F. The molecule has 190 valence electrons. The van der Waals surface area contributed by atoms with Crippen LogP contribution in [0.25, 0.3) is 10.9 Å². The van der Waals surface area contributed by atoms with Gasteiger partial charge >= 0.3 is 6.09 Å². The smallest absolute Gasteiger partial charge is 0.409 e. The third kappa shape index (κ3) is 5.05. The summed E-state index contributed by atoms with van der Waals surface area (Å²) in [4.78, 5) is 38.9. The molecule has 2 heterocycles. The van der Waals surface area contributed by atoms with Crippen molar-refractivity contribution in [3.8, 4) is 0 Å². The van der Waals surface area contributed by atoms with E-state index in [1.165, 1.54) is 35.9 Å². The lowest BCUT2D eigenvalue weighted by molar-refractivity contribution is -0.143. The molecule has 1 saturated heterocycles. The first-order valence-corrected chi connectivity index (χ1v) is 11.3. The fraction of sp³-hybridized carbons (Fsp3) is 0.320. The van der Waals surface area contributed by atoms with Crippen molar-refractivity contribution in [3.05, 3.63) is 70.6 Å². The number of aromatic nitrogens is 1. The van der Waals surface area contributed by atoms with Gasteiger partial charge in [0.1, 0.15) is 24.6 Å². The number of carbonyl (C=O) groups is 3. The number of alkyl halides is 1. The van der Waals surface area contributed by atoms with Crippen molar-refractivity contribution in [3.63, 3.8) is 0 Å². The molecule has 2 aromatic carbocycles. The summed E-state index contributed by atoms with van der Waals surface area (Å²) >= 11 is 5.74. The molecule has 3 aromatic rings. The third-order valence-electron chi connectivity index (χ3n) is 5.93. The quantitative estimate of drug-likeness (QED) is 0.472. The summed E-state index contributed by atoms with van der Waals surface area (Å²) < 4.78 is 62.9. The maximum atomic E-state index is 15.0. The number of ether oxygens (including phenoxy) is 2. The fourth-order valence-corrected chi connectivity index (χ4v) is 4.35. The number of rotatable bonds is 7. The van der Waals surface area contributed by atoms with E-state index in [1.807, 2.05) is 0 Å². The molecule has 36 heavy (non-hydrogen) atoms. The van der Waals surface area contributed by atoms with Crippen LogP contribution in [0.3, 0.4) is 0 Å². The molecule has 2 amide bonds. The second-order valence-corrected chi connectivity index (χ2v) is 8.66. The van der Waals surface area contributed by atoms with Crippen LogP contribution in [0, 0.1) is 5.82 Å². The first-order valence-electron chi connectivity index (χ1n) is 12.4. The molecule has 1 N–H and O–H groups in total. The van der Waals surface area contributed by atoms with E-state index >= 15 is 0 Å². The highest BCUT2D eigenvalue weighted by molar-refractivity contribution is 6.30. The Morgan fingerprint density at radius 1 is 1.22 bits per heavy atom. The number of fused-ring (bicyclic) bond motifs is 1. The number of carbonyl (C=O) groups excluding carboxylic acids is 3. The molecule has 1 fully saturated rings. The Morgan fingerprint density at radius 3 is 2.75 bits per heavy atom. The maximum absolute atomic E-state index is 15.0. The number of methoxy groups -OCH3 is 1. The van der Waals surface area contributed by atoms with Crippen LogP contribution in [-0.4, -0.2) is 59.3 Å². The summed E-state index contributed by atoms with van der Waals surface area (Å²) in [7, 11) is -3.05. The molecule has 1 aromatic heterocycles. The summed E-state index contributed by atoms with van der Waals surface area (Å²) in [5.74, 6) is -1.69. The van der Waals surface area contributed by atoms with Crippen LogP contribution in [0.15, 0.2) is 48.7 Å². The Bertz CT molecular complexity index is 1420. The van der Waals surface area contributed by atoms with Crippen LogP contribution in [0.1, 0.15) is 27.0 Å². The van der Waals surface area contributed by atoms with Crippen LogP contribution in [0.4, 0.5) is 13.6 Å². The lowest BCUT2D eigenvalue weighted by Gasteiger charge is -2.27. The third-order valence-corrected chi connectivity index (χ3v) is 6.22. The molecule has 0 saturated carbocycles. The number of hydrogen-bond acceptors (Lipinski definition) is 5. The van der Waals surface area contributed by atoms with E-state index in [0.29, 0.717) is 16.5 Å². The predicted octanol–water partition coefficient (Wildman–Crippen LogP) is 4.08. The Balaban J connectivity index is 1.55. The highest BCUT2D eigenvalue weighted by Gasteiger charge is 2.47. The molecule has 0 spiro atoms. The first-order chi connectivity index (χ1) is 18.4. The molecule has 11 heteroatoms. The normalized spacial score (nSPS) is 21.1. The molecule has 0 unspecified atom stereocenters. The van der Waals surface area contributed by atoms with Gasteiger partial charge in [-0.05, 0) is 19.1 Å². The molecule has 8 nitrogen and oxygen atoms in total. The van der Waals surface area contributed by atoms with Gasteiger partial charge in [-0.3, -0.25) is 9.59 Å². The summed E-state index contributed by atoms with van der Waals surface area (Å²) in [6.07, 6.45) is -5.23. The number of amides is 2. The van der Waals surface area contributed by atoms with Crippen LogP contribution in [0.5, 0.6) is 0 Å². The first kappa shape index (κ1) is 21.8. The van der Waals surface area contributed by atoms with E-state index in [9.17, 15) is 23.2 Å². The zero-order chi connectivity index (χ0) is 28.5. The van der Waals surface area contributed by atoms with E-state index in [0.717, 1.165) is 4.90 Å². The Hall–Kier alpha value is -3.50. The number of benzene rings is 2. The summed E-state index contributed by atoms with van der Waals surface area (Å²) in [5, 5.41) is 2.74. The number of Topliss-reactive ketones (excluding diaryl/α,β-unsaturated/α-hetero) is 1. The molecular weight excluding hydrogens is 496 g/mol. The number of ketones is 1. The summed E-state index contributed by atoms with van der Waals surface area (Å²) in [6.45, 7) is 0.0605. The summed E-state index contributed by atoms with van der Waals surface area (Å²) in [5.41, 5.74) is 0.992. The van der Waals surface area contributed by atoms with Crippen molar-refractivity contribution in [1.82, 2.24) is 14.8 Å². The highest BCUT2D eigenvalue weighted by atomic mass is 35.5. The number of nitrogens with zero attached hydrogens (tertiary/aromatic N) is 2. The minimum atomic E-state index is -3.05. The number of likely N-dealkylation sites (tertiary alicyclic amines) is 1. The van der Waals surface area contributed by atoms with Crippen LogP contribution >= 0.6 is 11.6 Å². The van der Waals surface area contributed by atoms with Crippen molar-refractivity contribution < 1.29 is 36.8 Å². The van der Waals surface area contributed by atoms with Crippen molar-refractivity contribution in [2.45, 2.75) is 38.5 Å². The molecule has 0 radical (unpaired) electrons. The predicted molar refractivity (Wildman–Crippen MR) is 128 cm³/mol. The lowest BCUT2D eigenvalue weighted by Crippen LogP contribution is -2.46. The van der Waals surface area contributed by atoms with Gasteiger partial charge < -0.3 is 24.3 Å². The molecule has 4 rings (SSSR count). The van der Waals surface area contributed by atoms with Gasteiger partial charge in [0.2, 0.25) is 12.1 Å². The van der Waals surface area contributed by atoms with E-state index in [-0.39, 0.29) is 29.5 Å². The molecule has 1 aliphatic heterocycles. The average molecular weight is 523 g/mol. The maximum Gasteiger partial charge on any atom is 0.409 e. The van der Waals surface area contributed by atoms with Gasteiger partial charge in [0.15, 0.2) is 5.78 Å². The van der Waals surface area contributed by atoms with E-state index in [4.69, 9.17) is 25.2 Å². The minimum Gasteiger partial charge on any atom is -0.422 e. The standard InChI is InChI=1S/C25H24ClF2N3O5/c1-14(32)17-11-30(20-9-4-3-7-16(17)20)13-21(33)31-12-19(27)23(35-2)24(31)36-25(34)29-10-15-6-5-8-18(26)22(15)28/h3-9,11,19,23-24H,10,12-13H2,1-2H3,(H,29,34)/t19-,23+,24-/m0/s1/i2D3. The zero-order valence-electron chi connectivity index (χ0n) is 22.0. The number of nitrogens with one attached hydrogen (secondary N) is 1. The minimum absolute atomic E-state index is 0.0400. The van der Waals surface area contributed by atoms with Gasteiger partial charge in [0, 0.05) is 41.8 Å². The topological polar surface area (TPSA) is 89.9 Å². The van der Waals surface area contributed by atoms with Gasteiger partial charge in [0.05, 0.1) is 15.7 Å². The highest BCUT2D eigenvalue weighted by Crippen LogP contribution is 2.27. The van der Waals surface area contributed by atoms with E-state index in [1.54, 1.807) is 24.3 Å². The Morgan fingerprint density at radius 2 is 2.00 bits per heavy atom. The Labute approximate surface area is 214 Å². The molecule has 3 atom stereocenters. The molecule has 1 aliphatic rings. The van der Waals surface area contributed by atoms with Crippen LogP contribution in [-0.2, 0) is 27.4 Å². The van der Waals surface area contributed by atoms with Crippen LogP contribution < -0.4 is 5.32 Å². The zero-order valence-corrected chi connectivity index (χ0v) is 19.8. The average Bonchev–Trinajstić information content (AvgIpc) is 3.37. The largest absolute Gasteiger partial charge is 0.422 e. The van der Waals surface area contributed by atoms with Crippen molar-refractivity contribution >= 4 is 40.3 Å². The number of alkyl carbamates (subject to hydrolysis) is 1. The van der Waals surface area contributed by atoms with Crippen molar-refractivity contribution in [1.29, 1.82) is 0 Å². The molecule has 0 bridgehead atoms. The van der Waals surface area contributed by atoms with E-state index in [2.05, 4.69) is 5.32 Å². The lowest BCUT2D eigenvalue weighted by atomic mass is 10.1. The second kappa shape index (κ2) is 10.6. The van der Waals surface area contributed by atoms with Gasteiger partial charge in [-0.1, -0.05) is 41.9 Å². The number of para-hydroxylation sites is 1. The molecular formula is C25H24ClF2N3O5. The monoisotopic (exact) mass is 522 g/mol. The van der Waals surface area contributed by atoms with Gasteiger partial charge in [0.25, 0.3) is 0 Å². The summed E-state index contributed by atoms with van der Waals surface area (Å²) in [6, 6.07) is 11.1. The van der Waals surface area contributed by atoms with Gasteiger partial charge in [-0.15, -0.1) is 0 Å². The van der Waals surface area contributed by atoms with Crippen LogP contribution in [0.2, 0.25) is 5.02 Å². The number of hydrogen-bond donors (Lipinski definition) is 1. The molecule has 0 aliphatic carbocycles. The number of halogens is 3. The van der Waals surface area contributed by atoms with E-state index < -0.39 is 49.9 Å². The Kier molecular flexibility index (Phi) is 6.42. The van der Waals surface area contributed by atoms with Crippen molar-refractivity contribution in [2.75, 3.05) is 13.6 Å². The van der Waals surface area contributed by atoms with Crippen molar-refractivity contribution in [2.24, 2.45) is 0 Å². The van der Waals surface area contributed by atoms with Gasteiger partial charge in [-0.2, -0.15) is 0 Å².